The van der Waals surface area contributed by atoms with Crippen LogP contribution in [0.5, 0.6) is 0 Å². The van der Waals surface area contributed by atoms with E-state index in [2.05, 4.69) is 83.0 Å². The maximum absolute atomic E-state index is 4.77. The monoisotopic (exact) mass is 311 g/mol. The Balaban J connectivity index is 2.51. The first-order valence-corrected chi connectivity index (χ1v) is 11.8. The van der Waals surface area contributed by atoms with E-state index in [0.717, 1.165) is 12.1 Å². The Bertz CT molecular complexity index is 624. The Hall–Kier alpha value is -1.41. The molecule has 0 aliphatic rings. The van der Waals surface area contributed by atoms with Gasteiger partial charge in [0, 0.05) is 11.8 Å². The van der Waals surface area contributed by atoms with Crippen molar-refractivity contribution >= 4 is 13.3 Å². The van der Waals surface area contributed by atoms with Crippen LogP contribution < -0.4 is 5.19 Å². The summed E-state index contributed by atoms with van der Waals surface area (Å²) in [7, 11) is -1.38. The first-order valence-electron chi connectivity index (χ1n) is 8.28. The third-order valence-corrected chi connectivity index (χ3v) is 6.56. The molecule has 0 N–H and O–H groups in total. The van der Waals surface area contributed by atoms with Crippen LogP contribution in [0.1, 0.15) is 32.8 Å². The Labute approximate surface area is 136 Å². The van der Waals surface area contributed by atoms with Crippen molar-refractivity contribution in [1.29, 1.82) is 0 Å². The number of pyridine rings is 1. The van der Waals surface area contributed by atoms with Crippen LogP contribution in [0.25, 0.3) is 11.3 Å². The van der Waals surface area contributed by atoms with Gasteiger partial charge in [0.05, 0.1) is 13.8 Å². The first kappa shape index (κ1) is 16.9. The van der Waals surface area contributed by atoms with E-state index in [4.69, 9.17) is 4.98 Å². The molecule has 0 aliphatic carbocycles. The van der Waals surface area contributed by atoms with Crippen LogP contribution in [0.2, 0.25) is 19.6 Å². The molecule has 0 saturated carbocycles. The van der Waals surface area contributed by atoms with Gasteiger partial charge in [-0.15, -0.1) is 0 Å². The highest BCUT2D eigenvalue weighted by Crippen LogP contribution is 2.27. The van der Waals surface area contributed by atoms with Crippen LogP contribution in [0.3, 0.4) is 0 Å². The normalized spacial score (nSPS) is 12.5. The highest BCUT2D eigenvalue weighted by Gasteiger charge is 2.25. The molecule has 0 aliphatic heterocycles. The average molecular weight is 312 g/mol. The summed E-state index contributed by atoms with van der Waals surface area (Å²) in [6.07, 6.45) is 4.47. The van der Waals surface area contributed by atoms with Crippen LogP contribution >= 0.6 is 0 Å². The van der Waals surface area contributed by atoms with Crippen molar-refractivity contribution in [2.45, 2.75) is 53.3 Å². The smallest absolute Gasteiger partial charge is 0.0799 e. The summed E-state index contributed by atoms with van der Waals surface area (Å²) in [6, 6.07) is 12.8. The lowest BCUT2D eigenvalue weighted by Crippen LogP contribution is -2.41. The molecule has 0 fully saturated rings. The van der Waals surface area contributed by atoms with E-state index in [9.17, 15) is 0 Å². The Morgan fingerprint density at radius 2 is 1.68 bits per heavy atom. The maximum atomic E-state index is 4.77. The molecule has 118 valence electrons. The van der Waals surface area contributed by atoms with E-state index in [-0.39, 0.29) is 0 Å². The zero-order valence-electron chi connectivity index (χ0n) is 14.9. The van der Waals surface area contributed by atoms with E-state index >= 15 is 0 Å². The second-order valence-corrected chi connectivity index (χ2v) is 13.1. The van der Waals surface area contributed by atoms with Crippen molar-refractivity contribution in [1.82, 2.24) is 4.98 Å². The number of benzene rings is 1. The predicted octanol–water partition coefficient (Wildman–Crippen LogP) is 5.27. The fourth-order valence-corrected chi connectivity index (χ4v) is 4.30. The van der Waals surface area contributed by atoms with Crippen LogP contribution in [0, 0.1) is 5.41 Å². The first-order chi connectivity index (χ1) is 10.2. The Morgan fingerprint density at radius 3 is 2.23 bits per heavy atom. The van der Waals surface area contributed by atoms with Crippen molar-refractivity contribution < 1.29 is 0 Å². The summed E-state index contributed by atoms with van der Waals surface area (Å²) in [4.78, 5) is 4.77. The lowest BCUT2D eigenvalue weighted by atomic mass is 9.83. The van der Waals surface area contributed by atoms with Gasteiger partial charge in [-0.3, -0.25) is 4.98 Å². The van der Waals surface area contributed by atoms with Gasteiger partial charge in [0.2, 0.25) is 0 Å². The summed E-state index contributed by atoms with van der Waals surface area (Å²) in [5.74, 6) is 0. The van der Waals surface area contributed by atoms with Crippen molar-refractivity contribution in [2.24, 2.45) is 5.41 Å². The molecule has 0 amide bonds. The van der Waals surface area contributed by atoms with E-state index in [0.29, 0.717) is 5.41 Å². The minimum absolute atomic E-state index is 0.337. The molecule has 0 spiro atoms. The lowest BCUT2D eigenvalue weighted by Gasteiger charge is -2.28. The third-order valence-electron chi connectivity index (χ3n) is 4.49. The van der Waals surface area contributed by atoms with Gasteiger partial charge in [-0.05, 0) is 28.7 Å². The zero-order valence-corrected chi connectivity index (χ0v) is 15.9. The SMILES string of the molecule is CCC(C)(C)Cc1cc(-c2ccccc2)ncc1[Si](C)(C)C. The van der Waals surface area contributed by atoms with Crippen LogP contribution in [0.15, 0.2) is 42.6 Å². The summed E-state index contributed by atoms with van der Waals surface area (Å²) >= 11 is 0. The fourth-order valence-electron chi connectivity index (χ4n) is 2.73. The maximum Gasteiger partial charge on any atom is 0.0799 e. The van der Waals surface area contributed by atoms with Gasteiger partial charge in [-0.25, -0.2) is 0 Å². The van der Waals surface area contributed by atoms with E-state index in [1.165, 1.54) is 22.7 Å². The lowest BCUT2D eigenvalue weighted by molar-refractivity contribution is 0.350. The summed E-state index contributed by atoms with van der Waals surface area (Å²) < 4.78 is 0. The van der Waals surface area contributed by atoms with Crippen molar-refractivity contribution in [3.8, 4) is 11.3 Å². The molecule has 0 radical (unpaired) electrons. The summed E-state index contributed by atoms with van der Waals surface area (Å²) in [5.41, 5.74) is 4.15. The van der Waals surface area contributed by atoms with Crippen LogP contribution in [-0.4, -0.2) is 13.1 Å². The molecule has 0 bridgehead atoms. The summed E-state index contributed by atoms with van der Waals surface area (Å²) in [5, 5.41) is 1.51. The largest absolute Gasteiger partial charge is 0.256 e. The number of hydrogen-bond acceptors (Lipinski definition) is 1. The van der Waals surface area contributed by atoms with Crippen molar-refractivity contribution in [3.05, 3.63) is 48.2 Å². The molecule has 1 nitrogen and oxygen atoms in total. The van der Waals surface area contributed by atoms with Crippen molar-refractivity contribution in [2.75, 3.05) is 0 Å². The van der Waals surface area contributed by atoms with Gasteiger partial charge in [0.15, 0.2) is 0 Å². The molecular formula is C20H29NSi. The molecule has 1 aromatic heterocycles. The molecule has 0 atom stereocenters. The number of hydrogen-bond donors (Lipinski definition) is 0. The second-order valence-electron chi connectivity index (χ2n) is 8.04. The van der Waals surface area contributed by atoms with Gasteiger partial charge in [-0.1, -0.05) is 77.2 Å². The van der Waals surface area contributed by atoms with E-state index in [1.807, 2.05) is 0 Å². The number of nitrogens with zero attached hydrogens (tertiary/aromatic N) is 1. The number of rotatable bonds is 5. The minimum atomic E-state index is -1.38. The molecule has 2 rings (SSSR count). The third kappa shape index (κ3) is 4.07. The van der Waals surface area contributed by atoms with Gasteiger partial charge in [0.1, 0.15) is 0 Å². The molecule has 1 heterocycles. The zero-order chi connectivity index (χ0) is 16.4. The fraction of sp³-hybridized carbons (Fsp3) is 0.450. The van der Waals surface area contributed by atoms with Crippen LogP contribution in [-0.2, 0) is 6.42 Å². The predicted molar refractivity (Wildman–Crippen MR) is 100 cm³/mol. The van der Waals surface area contributed by atoms with Crippen LogP contribution in [0.4, 0.5) is 0 Å². The molecule has 0 saturated heterocycles. The minimum Gasteiger partial charge on any atom is -0.256 e. The Kier molecular flexibility index (Phi) is 4.91. The Morgan fingerprint density at radius 1 is 1.05 bits per heavy atom. The van der Waals surface area contributed by atoms with Crippen molar-refractivity contribution in [3.63, 3.8) is 0 Å². The second kappa shape index (κ2) is 6.37. The standard InChI is InChI=1S/C20H29NSi/c1-7-20(2,3)14-17-13-18(16-11-9-8-10-12-16)21-15-19(17)22(4,5)6/h8-13,15H,7,14H2,1-6H3. The quantitative estimate of drug-likeness (QED) is 0.685. The van der Waals surface area contributed by atoms with E-state index in [1.54, 1.807) is 0 Å². The highest BCUT2D eigenvalue weighted by atomic mass is 28.3. The number of aromatic nitrogens is 1. The van der Waals surface area contributed by atoms with Gasteiger partial charge in [0.25, 0.3) is 0 Å². The van der Waals surface area contributed by atoms with Gasteiger partial charge < -0.3 is 0 Å². The summed E-state index contributed by atoms with van der Waals surface area (Å²) in [6.45, 7) is 14.2. The molecular weight excluding hydrogens is 282 g/mol. The molecule has 1 aromatic carbocycles. The van der Waals surface area contributed by atoms with Gasteiger partial charge >= 0.3 is 0 Å². The highest BCUT2D eigenvalue weighted by molar-refractivity contribution is 6.89. The van der Waals surface area contributed by atoms with E-state index < -0.39 is 8.07 Å². The molecule has 2 aromatic rings. The molecule has 0 unspecified atom stereocenters. The van der Waals surface area contributed by atoms with Gasteiger partial charge in [-0.2, -0.15) is 0 Å². The topological polar surface area (TPSA) is 12.9 Å². The molecule has 22 heavy (non-hydrogen) atoms. The average Bonchev–Trinajstić information content (AvgIpc) is 2.46. The molecule has 2 heteroatoms.